The fourth-order valence-corrected chi connectivity index (χ4v) is 2.58. The van der Waals surface area contributed by atoms with Gasteiger partial charge in [0.15, 0.2) is 0 Å². The molecule has 0 spiro atoms. The van der Waals surface area contributed by atoms with Gasteiger partial charge in [0.25, 0.3) is 5.91 Å². The molecule has 26 heavy (non-hydrogen) atoms. The number of rotatable bonds is 8. The summed E-state index contributed by atoms with van der Waals surface area (Å²) in [6.45, 7) is 6.25. The number of amides is 1. The Bertz CT molecular complexity index is 713. The Hall–Kier alpha value is -2.88. The molecule has 0 fully saturated rings. The number of nitrogens with zero attached hydrogens (tertiary/aromatic N) is 1. The molecule has 136 valence electrons. The van der Waals surface area contributed by atoms with Crippen LogP contribution >= 0.6 is 0 Å². The molecule has 1 unspecified atom stereocenters. The maximum atomic E-state index is 12.8. The molecule has 0 saturated heterocycles. The minimum atomic E-state index is -0.523. The Labute approximate surface area is 155 Å². The van der Waals surface area contributed by atoms with E-state index in [1.54, 1.807) is 30.3 Å². The van der Waals surface area contributed by atoms with Crippen molar-refractivity contribution < 1.29 is 14.4 Å². The van der Waals surface area contributed by atoms with Gasteiger partial charge in [0.05, 0.1) is 12.1 Å². The molecule has 2 aromatic rings. The lowest BCUT2D eigenvalue weighted by atomic mass is 9.95. The van der Waals surface area contributed by atoms with Crippen LogP contribution in [0.2, 0.25) is 0 Å². The molecule has 0 N–H and O–H groups in total. The van der Waals surface area contributed by atoms with Gasteiger partial charge in [-0.15, -0.1) is 6.58 Å². The molecule has 4 heteroatoms. The lowest BCUT2D eigenvalue weighted by molar-refractivity contribution is -0.167. The predicted molar refractivity (Wildman–Crippen MR) is 102 cm³/mol. The highest BCUT2D eigenvalue weighted by Crippen LogP contribution is 2.22. The van der Waals surface area contributed by atoms with Crippen molar-refractivity contribution in [2.45, 2.75) is 32.1 Å². The highest BCUT2D eigenvalue weighted by atomic mass is 16.7. The van der Waals surface area contributed by atoms with E-state index in [4.69, 9.17) is 4.84 Å². The van der Waals surface area contributed by atoms with Crippen LogP contribution in [0.25, 0.3) is 0 Å². The summed E-state index contributed by atoms with van der Waals surface area (Å²) < 4.78 is 0. The normalized spacial score (nSPS) is 11.4. The number of carbonyl (C=O) groups is 2. The Morgan fingerprint density at radius 2 is 1.69 bits per heavy atom. The van der Waals surface area contributed by atoms with Crippen LogP contribution in [0.3, 0.4) is 0 Å². The van der Waals surface area contributed by atoms with Crippen molar-refractivity contribution in [1.82, 2.24) is 5.06 Å². The van der Waals surface area contributed by atoms with Gasteiger partial charge in [-0.05, 0) is 24.1 Å². The van der Waals surface area contributed by atoms with E-state index in [0.29, 0.717) is 12.1 Å². The molecule has 0 saturated carbocycles. The van der Waals surface area contributed by atoms with Crippen LogP contribution in [0, 0.1) is 0 Å². The van der Waals surface area contributed by atoms with E-state index in [9.17, 15) is 9.59 Å². The van der Waals surface area contributed by atoms with Gasteiger partial charge in [0, 0.05) is 12.3 Å². The third-order valence-corrected chi connectivity index (χ3v) is 4.10. The van der Waals surface area contributed by atoms with Crippen molar-refractivity contribution in [1.29, 1.82) is 0 Å². The molecule has 0 heterocycles. The largest absolute Gasteiger partial charge is 0.363 e. The Morgan fingerprint density at radius 1 is 1.08 bits per heavy atom. The molecule has 4 nitrogen and oxygen atoms in total. The first-order valence-electron chi connectivity index (χ1n) is 8.91. The number of unbranched alkanes of at least 4 members (excludes halogenated alkanes) is 1. The molecule has 0 aliphatic carbocycles. The SMILES string of the molecule is C=CC(CC(=O)N(CCCC)OC(=O)c1ccccc1)c1ccccc1. The van der Waals surface area contributed by atoms with E-state index in [2.05, 4.69) is 6.58 Å². The van der Waals surface area contributed by atoms with Gasteiger partial charge in [-0.2, -0.15) is 5.06 Å². The highest BCUT2D eigenvalue weighted by molar-refractivity contribution is 5.90. The topological polar surface area (TPSA) is 46.6 Å². The second kappa shape index (κ2) is 10.2. The summed E-state index contributed by atoms with van der Waals surface area (Å²) in [5.41, 5.74) is 1.44. The third kappa shape index (κ3) is 5.59. The van der Waals surface area contributed by atoms with Crippen molar-refractivity contribution in [3.8, 4) is 0 Å². The predicted octanol–water partition coefficient (Wildman–Crippen LogP) is 4.75. The number of benzene rings is 2. The van der Waals surface area contributed by atoms with Gasteiger partial charge in [-0.3, -0.25) is 4.79 Å². The molecule has 0 aromatic heterocycles. The summed E-state index contributed by atoms with van der Waals surface area (Å²) >= 11 is 0. The zero-order valence-electron chi connectivity index (χ0n) is 15.1. The summed E-state index contributed by atoms with van der Waals surface area (Å²) in [5.74, 6) is -0.871. The molecule has 1 atom stereocenters. The summed E-state index contributed by atoms with van der Waals surface area (Å²) in [6.07, 6.45) is 3.62. The highest BCUT2D eigenvalue weighted by Gasteiger charge is 2.22. The zero-order chi connectivity index (χ0) is 18.8. The molecule has 0 aliphatic heterocycles. The standard InChI is InChI=1S/C22H25NO3/c1-3-5-16-23(26-22(25)20-14-10-7-11-15-20)21(24)17-18(4-2)19-12-8-6-9-13-19/h4,6-15,18H,2-3,5,16-17H2,1H3. The van der Waals surface area contributed by atoms with Crippen molar-refractivity contribution in [2.24, 2.45) is 0 Å². The monoisotopic (exact) mass is 351 g/mol. The smallest absolute Gasteiger partial charge is 0.333 e. The lowest BCUT2D eigenvalue weighted by Crippen LogP contribution is -2.35. The van der Waals surface area contributed by atoms with Gasteiger partial charge in [-0.25, -0.2) is 4.79 Å². The van der Waals surface area contributed by atoms with Crippen LogP contribution in [0.5, 0.6) is 0 Å². The summed E-state index contributed by atoms with van der Waals surface area (Å²) in [5, 5.41) is 1.19. The Balaban J connectivity index is 2.08. The van der Waals surface area contributed by atoms with Crippen LogP contribution in [-0.4, -0.2) is 23.5 Å². The first-order valence-corrected chi connectivity index (χ1v) is 8.91. The van der Waals surface area contributed by atoms with Gasteiger partial charge >= 0.3 is 5.97 Å². The van der Waals surface area contributed by atoms with Gasteiger partial charge < -0.3 is 4.84 Å². The maximum absolute atomic E-state index is 12.8. The third-order valence-electron chi connectivity index (χ3n) is 4.10. The van der Waals surface area contributed by atoms with E-state index in [1.165, 1.54) is 5.06 Å². The van der Waals surface area contributed by atoms with Crippen LogP contribution in [0.1, 0.15) is 48.0 Å². The summed E-state index contributed by atoms with van der Waals surface area (Å²) in [4.78, 5) is 30.5. The van der Waals surface area contributed by atoms with E-state index in [-0.39, 0.29) is 18.2 Å². The molecule has 1 amide bonds. The van der Waals surface area contributed by atoms with Gasteiger partial charge in [0.2, 0.25) is 0 Å². The van der Waals surface area contributed by atoms with Crippen molar-refractivity contribution in [3.63, 3.8) is 0 Å². The van der Waals surface area contributed by atoms with E-state index in [1.807, 2.05) is 43.3 Å². The molecular formula is C22H25NO3. The van der Waals surface area contributed by atoms with Crippen LogP contribution < -0.4 is 0 Å². The van der Waals surface area contributed by atoms with Crippen molar-refractivity contribution in [2.75, 3.05) is 6.54 Å². The fourth-order valence-electron chi connectivity index (χ4n) is 2.58. The number of hydrogen-bond donors (Lipinski definition) is 0. The molecule has 0 radical (unpaired) electrons. The van der Waals surface area contributed by atoms with E-state index in [0.717, 1.165) is 18.4 Å². The second-order valence-electron chi connectivity index (χ2n) is 6.05. The molecule has 2 rings (SSSR count). The van der Waals surface area contributed by atoms with E-state index >= 15 is 0 Å². The fraction of sp³-hybridized carbons (Fsp3) is 0.273. The summed E-state index contributed by atoms with van der Waals surface area (Å²) in [6, 6.07) is 18.4. The van der Waals surface area contributed by atoms with Crippen molar-refractivity contribution in [3.05, 3.63) is 84.4 Å². The first-order chi connectivity index (χ1) is 12.7. The Kier molecular flexibility index (Phi) is 7.62. The quantitative estimate of drug-likeness (QED) is 0.509. The minimum absolute atomic E-state index is 0.122. The van der Waals surface area contributed by atoms with Crippen LogP contribution in [-0.2, 0) is 9.63 Å². The average Bonchev–Trinajstić information content (AvgIpc) is 2.70. The van der Waals surface area contributed by atoms with Crippen molar-refractivity contribution >= 4 is 11.9 Å². The number of carbonyl (C=O) groups excluding carboxylic acids is 2. The number of allylic oxidation sites excluding steroid dienone is 1. The number of hydrogen-bond acceptors (Lipinski definition) is 3. The maximum Gasteiger partial charge on any atom is 0.363 e. The lowest BCUT2D eigenvalue weighted by Gasteiger charge is -2.23. The van der Waals surface area contributed by atoms with Crippen LogP contribution in [0.4, 0.5) is 0 Å². The Morgan fingerprint density at radius 3 is 2.27 bits per heavy atom. The molecule has 2 aromatic carbocycles. The van der Waals surface area contributed by atoms with Gasteiger partial charge in [-0.1, -0.05) is 68.0 Å². The minimum Gasteiger partial charge on any atom is -0.333 e. The molecule has 0 bridgehead atoms. The summed E-state index contributed by atoms with van der Waals surface area (Å²) in [7, 11) is 0. The second-order valence-corrected chi connectivity index (χ2v) is 6.05. The number of hydroxylamine groups is 2. The van der Waals surface area contributed by atoms with Gasteiger partial charge in [0.1, 0.15) is 0 Å². The molecule has 0 aliphatic rings. The van der Waals surface area contributed by atoms with Crippen LogP contribution in [0.15, 0.2) is 73.3 Å². The zero-order valence-corrected chi connectivity index (χ0v) is 15.1. The molecular weight excluding hydrogens is 326 g/mol. The first kappa shape index (κ1) is 19.4. The average molecular weight is 351 g/mol. The van der Waals surface area contributed by atoms with E-state index < -0.39 is 5.97 Å².